The van der Waals surface area contributed by atoms with Crippen LogP contribution in [-0.2, 0) is 20.1 Å². The number of fused-ring (bicyclic) bond motifs is 5. The van der Waals surface area contributed by atoms with Crippen molar-refractivity contribution >= 4 is 33.9 Å². The predicted molar refractivity (Wildman–Crippen MR) is 171 cm³/mol. The number of carbonyl (C=O) groups is 2. The number of likely N-dealkylation sites (tertiary alicyclic amines) is 1. The molecule has 2 unspecified atom stereocenters. The van der Waals surface area contributed by atoms with E-state index in [0.29, 0.717) is 29.7 Å². The molecule has 3 fully saturated rings. The Hall–Kier alpha value is -4.70. The first-order valence-corrected chi connectivity index (χ1v) is 15.9. The molecule has 10 nitrogen and oxygen atoms in total. The summed E-state index contributed by atoms with van der Waals surface area (Å²) in [6, 6.07) is 16.2. The highest BCUT2D eigenvalue weighted by Crippen LogP contribution is 2.40. The molecule has 5 heterocycles. The van der Waals surface area contributed by atoms with E-state index >= 15 is 0 Å². The molecular formula is C35H35N7O3. The molecule has 10 heteroatoms. The van der Waals surface area contributed by atoms with E-state index in [1.54, 1.807) is 7.11 Å². The largest absolute Gasteiger partial charge is 0.494 e. The molecule has 9 rings (SSSR count). The van der Waals surface area contributed by atoms with E-state index in [9.17, 15) is 9.59 Å². The molecule has 228 valence electrons. The van der Waals surface area contributed by atoms with E-state index in [-0.39, 0.29) is 23.9 Å². The van der Waals surface area contributed by atoms with Crippen molar-refractivity contribution < 1.29 is 14.3 Å². The zero-order valence-electron chi connectivity index (χ0n) is 25.4. The number of carbonyl (C=O) groups excluding carboxylic acids is 2. The Kier molecular flexibility index (Phi) is 5.72. The van der Waals surface area contributed by atoms with Crippen molar-refractivity contribution in [2.75, 3.05) is 13.7 Å². The van der Waals surface area contributed by atoms with Crippen LogP contribution in [0, 0.1) is 11.8 Å². The number of nitrogens with two attached hydrogens (primary N) is 1. The van der Waals surface area contributed by atoms with Crippen LogP contribution in [0.1, 0.15) is 52.0 Å². The van der Waals surface area contributed by atoms with Gasteiger partial charge in [0.2, 0.25) is 0 Å². The number of ether oxygens (including phenoxy) is 1. The van der Waals surface area contributed by atoms with E-state index in [1.165, 1.54) is 12.8 Å². The van der Waals surface area contributed by atoms with Crippen LogP contribution in [0.5, 0.6) is 5.75 Å². The van der Waals surface area contributed by atoms with Gasteiger partial charge in [-0.1, -0.05) is 6.07 Å². The SMILES string of the molecule is COc1cc(C(=O)N2CC3CCC2[C@@H]3N)cc2nc(-c3cc4ccc(-c5ccc6c(c5)CNC6=O)nc4n3CC3CC3)n(C)c12. The maximum Gasteiger partial charge on any atom is 0.254 e. The number of hydrogen-bond donors (Lipinski definition) is 2. The number of pyridine rings is 1. The van der Waals surface area contributed by atoms with Gasteiger partial charge in [-0.2, -0.15) is 0 Å². The Balaban J connectivity index is 1.15. The van der Waals surface area contributed by atoms with Crippen molar-refractivity contribution in [2.45, 2.75) is 50.9 Å². The lowest BCUT2D eigenvalue weighted by atomic mass is 10.0. The third-order valence-corrected chi connectivity index (χ3v) is 10.5. The third-order valence-electron chi connectivity index (χ3n) is 10.5. The van der Waals surface area contributed by atoms with E-state index in [1.807, 2.05) is 42.3 Å². The van der Waals surface area contributed by atoms with Gasteiger partial charge < -0.3 is 29.8 Å². The number of imidazole rings is 1. The Bertz CT molecular complexity index is 2070. The van der Waals surface area contributed by atoms with Crippen molar-refractivity contribution in [3.8, 4) is 28.5 Å². The van der Waals surface area contributed by atoms with Gasteiger partial charge >= 0.3 is 0 Å². The second kappa shape index (κ2) is 9.65. The van der Waals surface area contributed by atoms with Crippen molar-refractivity contribution in [3.05, 3.63) is 65.2 Å². The van der Waals surface area contributed by atoms with Gasteiger partial charge in [-0.05, 0) is 85.5 Å². The number of benzene rings is 2. The van der Waals surface area contributed by atoms with Gasteiger partial charge in [0, 0.05) is 60.8 Å². The fourth-order valence-corrected chi connectivity index (χ4v) is 7.87. The van der Waals surface area contributed by atoms with Crippen LogP contribution in [-0.4, -0.2) is 61.6 Å². The molecule has 2 aliphatic carbocycles. The van der Waals surface area contributed by atoms with Gasteiger partial charge in [-0.15, -0.1) is 0 Å². The summed E-state index contributed by atoms with van der Waals surface area (Å²) in [5.41, 5.74) is 14.1. The predicted octanol–water partition coefficient (Wildman–Crippen LogP) is 4.48. The zero-order valence-corrected chi connectivity index (χ0v) is 25.4. The fraction of sp³-hybridized carbons (Fsp3) is 0.371. The summed E-state index contributed by atoms with van der Waals surface area (Å²) in [6.07, 6.45) is 4.47. The standard InChI is InChI=1S/C35H35N7O3/c1-40-31-26(12-22(14-29(31)45-2)35(44)42-17-21-7-10-27(42)30(21)36)39-33(40)28-13-20-6-9-25(38-32(20)41(28)16-18-3-4-18)19-5-8-24-23(11-19)15-37-34(24)43/h5-6,8-9,11-14,18,21,27,30H,3-4,7,10,15-17,36H2,1-2H3,(H,37,43)/t21?,27?,30-/m1/s1. The summed E-state index contributed by atoms with van der Waals surface area (Å²) in [5.74, 6) is 2.40. The first kappa shape index (κ1) is 26.7. The van der Waals surface area contributed by atoms with Gasteiger partial charge in [0.25, 0.3) is 11.8 Å². The highest BCUT2D eigenvalue weighted by atomic mass is 16.5. The number of nitrogens with zero attached hydrogens (tertiary/aromatic N) is 5. The fourth-order valence-electron chi connectivity index (χ4n) is 7.87. The first-order valence-electron chi connectivity index (χ1n) is 15.9. The number of aromatic nitrogens is 4. The summed E-state index contributed by atoms with van der Waals surface area (Å²) in [6.45, 7) is 2.12. The second-order valence-electron chi connectivity index (χ2n) is 13.2. The number of hydrogen-bond acceptors (Lipinski definition) is 6. The van der Waals surface area contributed by atoms with E-state index < -0.39 is 0 Å². The van der Waals surface area contributed by atoms with Gasteiger partial charge in [0.1, 0.15) is 16.9 Å². The maximum absolute atomic E-state index is 13.7. The molecule has 1 saturated heterocycles. The Morgan fingerprint density at radius 3 is 2.69 bits per heavy atom. The Labute approximate surface area is 260 Å². The minimum absolute atomic E-state index is 0.00340. The molecule has 2 saturated carbocycles. The second-order valence-corrected chi connectivity index (χ2v) is 13.2. The van der Waals surface area contributed by atoms with Gasteiger partial charge in [-0.25, -0.2) is 9.97 Å². The topological polar surface area (TPSA) is 120 Å². The maximum atomic E-state index is 13.7. The number of methoxy groups -OCH3 is 1. The lowest BCUT2D eigenvalue weighted by Gasteiger charge is -2.27. The van der Waals surface area contributed by atoms with E-state index in [4.69, 9.17) is 20.4 Å². The molecule has 2 amide bonds. The van der Waals surface area contributed by atoms with Crippen LogP contribution in [0.15, 0.2) is 48.5 Å². The highest BCUT2D eigenvalue weighted by Gasteiger charge is 2.47. The molecule has 2 bridgehead atoms. The quantitative estimate of drug-likeness (QED) is 0.296. The van der Waals surface area contributed by atoms with Crippen molar-refractivity contribution in [3.63, 3.8) is 0 Å². The lowest BCUT2D eigenvalue weighted by molar-refractivity contribution is 0.0700. The molecule has 4 aliphatic rings. The van der Waals surface area contributed by atoms with E-state index in [0.717, 1.165) is 81.9 Å². The van der Waals surface area contributed by atoms with E-state index in [2.05, 4.69) is 32.7 Å². The average molecular weight is 602 g/mol. The number of nitrogens with one attached hydrogen (secondary N) is 1. The lowest BCUT2D eigenvalue weighted by Crippen LogP contribution is -2.41. The van der Waals surface area contributed by atoms with Gasteiger partial charge in [0.15, 0.2) is 5.82 Å². The smallest absolute Gasteiger partial charge is 0.254 e. The van der Waals surface area contributed by atoms with Crippen molar-refractivity contribution in [1.29, 1.82) is 0 Å². The molecule has 2 aromatic carbocycles. The molecule has 0 radical (unpaired) electrons. The minimum Gasteiger partial charge on any atom is -0.494 e. The number of rotatable bonds is 6. The Morgan fingerprint density at radius 1 is 1.07 bits per heavy atom. The average Bonchev–Trinajstić information content (AvgIpc) is 3.26. The normalized spacial score (nSPS) is 22.1. The monoisotopic (exact) mass is 601 g/mol. The van der Waals surface area contributed by atoms with Crippen LogP contribution in [0.4, 0.5) is 0 Å². The number of aryl methyl sites for hydroxylation is 1. The molecule has 3 atom stereocenters. The Morgan fingerprint density at radius 2 is 1.93 bits per heavy atom. The summed E-state index contributed by atoms with van der Waals surface area (Å²) >= 11 is 0. The molecule has 3 aromatic heterocycles. The van der Waals surface area contributed by atoms with Crippen molar-refractivity contribution in [2.24, 2.45) is 24.6 Å². The van der Waals surface area contributed by atoms with Crippen LogP contribution >= 0.6 is 0 Å². The summed E-state index contributed by atoms with van der Waals surface area (Å²) in [7, 11) is 3.65. The molecule has 3 N–H and O–H groups in total. The molecule has 5 aromatic rings. The van der Waals surface area contributed by atoms with Crippen LogP contribution < -0.4 is 15.8 Å². The summed E-state index contributed by atoms with van der Waals surface area (Å²) in [5, 5.41) is 3.94. The van der Waals surface area contributed by atoms with Crippen LogP contribution in [0.2, 0.25) is 0 Å². The highest BCUT2D eigenvalue weighted by molar-refractivity contribution is 6.01. The number of piperidine rings is 1. The number of amides is 2. The zero-order chi connectivity index (χ0) is 30.6. The minimum atomic E-state index is -0.0225. The van der Waals surface area contributed by atoms with Crippen LogP contribution in [0.25, 0.3) is 44.8 Å². The third kappa shape index (κ3) is 4.04. The molecule has 2 aliphatic heterocycles. The first-order chi connectivity index (χ1) is 21.9. The molecular weight excluding hydrogens is 566 g/mol. The van der Waals surface area contributed by atoms with Crippen molar-refractivity contribution in [1.82, 2.24) is 29.3 Å². The van der Waals surface area contributed by atoms with Gasteiger partial charge in [-0.3, -0.25) is 9.59 Å². The molecule has 45 heavy (non-hydrogen) atoms. The molecule has 0 spiro atoms. The van der Waals surface area contributed by atoms with Gasteiger partial charge in [0.05, 0.1) is 24.0 Å². The van der Waals surface area contributed by atoms with Crippen LogP contribution in [0.3, 0.4) is 0 Å². The summed E-state index contributed by atoms with van der Waals surface area (Å²) < 4.78 is 10.2. The summed E-state index contributed by atoms with van der Waals surface area (Å²) in [4.78, 5) is 38.1.